The van der Waals surface area contributed by atoms with Gasteiger partial charge in [-0.05, 0) is 24.3 Å². The second-order valence-corrected chi connectivity index (χ2v) is 5.26. The van der Waals surface area contributed by atoms with Crippen molar-refractivity contribution < 1.29 is 13.8 Å². The first-order valence-electron chi connectivity index (χ1n) is 7.39. The summed E-state index contributed by atoms with van der Waals surface area (Å²) in [6.45, 7) is 0. The van der Waals surface area contributed by atoms with E-state index in [1.54, 1.807) is 18.2 Å². The van der Waals surface area contributed by atoms with E-state index in [1.807, 2.05) is 0 Å². The number of hydrogen-bond donors (Lipinski definition) is 1. The molecular formula is C18H12N2O6. The summed E-state index contributed by atoms with van der Waals surface area (Å²) in [6.07, 6.45) is 2.64. The molecule has 0 aliphatic carbocycles. The number of nitro groups is 1. The van der Waals surface area contributed by atoms with E-state index in [9.17, 15) is 19.7 Å². The van der Waals surface area contributed by atoms with E-state index in [0.717, 1.165) is 0 Å². The maximum absolute atomic E-state index is 11.3. The number of non-ortho nitro benzene ring substituents is 1. The summed E-state index contributed by atoms with van der Waals surface area (Å²) in [7, 11) is 0. The Kier molecular flexibility index (Phi) is 4.48. The fourth-order valence-corrected chi connectivity index (χ4v) is 2.29. The molecule has 26 heavy (non-hydrogen) atoms. The number of benzene rings is 2. The fraction of sp³-hybridized carbons (Fsp3) is 0. The van der Waals surface area contributed by atoms with Crippen molar-refractivity contribution in [2.45, 2.75) is 0 Å². The number of rotatable bonds is 1. The van der Waals surface area contributed by atoms with Crippen LogP contribution in [0, 0.1) is 10.1 Å². The second-order valence-electron chi connectivity index (χ2n) is 5.26. The summed E-state index contributed by atoms with van der Waals surface area (Å²) in [6, 6.07) is 11.5. The van der Waals surface area contributed by atoms with E-state index in [-0.39, 0.29) is 21.9 Å². The lowest BCUT2D eigenvalue weighted by Gasteiger charge is -1.95. The van der Waals surface area contributed by atoms with E-state index in [4.69, 9.17) is 14.6 Å². The molecule has 130 valence electrons. The van der Waals surface area contributed by atoms with Crippen molar-refractivity contribution >= 4 is 33.3 Å². The first-order valence-corrected chi connectivity index (χ1v) is 7.39. The van der Waals surface area contributed by atoms with Crippen molar-refractivity contribution in [3.05, 3.63) is 91.6 Å². The monoisotopic (exact) mass is 352 g/mol. The van der Waals surface area contributed by atoms with Crippen molar-refractivity contribution in [1.29, 1.82) is 0 Å². The molecule has 2 aromatic carbocycles. The smallest absolute Gasteiger partial charge is 0.270 e. The van der Waals surface area contributed by atoms with Gasteiger partial charge in [-0.1, -0.05) is 0 Å². The molecule has 0 bridgehead atoms. The number of anilines is 1. The third kappa shape index (κ3) is 3.44. The molecule has 0 aliphatic heterocycles. The van der Waals surface area contributed by atoms with Crippen LogP contribution in [0.4, 0.5) is 11.4 Å². The van der Waals surface area contributed by atoms with Crippen molar-refractivity contribution in [2.75, 3.05) is 5.73 Å². The van der Waals surface area contributed by atoms with Crippen LogP contribution in [0.5, 0.6) is 0 Å². The number of nitrogens with two attached hydrogens (primary N) is 1. The molecule has 0 atom stereocenters. The lowest BCUT2D eigenvalue weighted by Crippen LogP contribution is -1.98. The Labute approximate surface area is 145 Å². The van der Waals surface area contributed by atoms with Crippen molar-refractivity contribution in [3.63, 3.8) is 0 Å². The van der Waals surface area contributed by atoms with Gasteiger partial charge in [-0.2, -0.15) is 0 Å². The molecular weight excluding hydrogens is 340 g/mol. The first kappa shape index (κ1) is 16.9. The Morgan fingerprint density at radius 3 is 1.92 bits per heavy atom. The molecule has 4 aromatic rings. The normalized spacial score (nSPS) is 10.3. The first-order chi connectivity index (χ1) is 12.5. The van der Waals surface area contributed by atoms with Gasteiger partial charge in [0.2, 0.25) is 0 Å². The van der Waals surface area contributed by atoms with Crippen LogP contribution >= 0.6 is 0 Å². The van der Waals surface area contributed by atoms with E-state index >= 15 is 0 Å². The predicted molar refractivity (Wildman–Crippen MR) is 96.0 cm³/mol. The predicted octanol–water partition coefficient (Wildman–Crippen LogP) is 3.08. The van der Waals surface area contributed by atoms with E-state index < -0.39 is 4.92 Å². The van der Waals surface area contributed by atoms with Crippen LogP contribution in [0.1, 0.15) is 0 Å². The Bertz CT molecular complexity index is 1230. The highest BCUT2D eigenvalue weighted by atomic mass is 16.6. The Balaban J connectivity index is 0.000000152. The minimum absolute atomic E-state index is 0.0662. The van der Waals surface area contributed by atoms with Gasteiger partial charge < -0.3 is 14.6 Å². The third-order valence-corrected chi connectivity index (χ3v) is 3.54. The number of hydrogen-bond acceptors (Lipinski definition) is 7. The van der Waals surface area contributed by atoms with Crippen molar-refractivity contribution in [3.8, 4) is 0 Å². The van der Waals surface area contributed by atoms with Gasteiger partial charge in [0.1, 0.15) is 11.2 Å². The molecule has 0 fully saturated rings. The molecule has 2 aromatic heterocycles. The highest BCUT2D eigenvalue weighted by Crippen LogP contribution is 2.17. The number of nitro benzene ring substituents is 1. The minimum Gasteiger partial charge on any atom is -0.464 e. The fourth-order valence-electron chi connectivity index (χ4n) is 2.29. The van der Waals surface area contributed by atoms with Crippen LogP contribution in [-0.2, 0) is 0 Å². The highest BCUT2D eigenvalue weighted by molar-refractivity contribution is 5.80. The molecule has 0 spiro atoms. The van der Waals surface area contributed by atoms with Gasteiger partial charge in [-0.25, -0.2) is 0 Å². The van der Waals surface area contributed by atoms with E-state index in [1.165, 1.54) is 42.9 Å². The molecule has 0 unspecified atom stereocenters. The summed E-state index contributed by atoms with van der Waals surface area (Å²) in [4.78, 5) is 32.4. The topological polar surface area (TPSA) is 130 Å². The minimum atomic E-state index is -0.550. The lowest BCUT2D eigenvalue weighted by molar-refractivity contribution is -0.384. The summed E-state index contributed by atoms with van der Waals surface area (Å²) in [5, 5.41) is 11.2. The van der Waals surface area contributed by atoms with Crippen molar-refractivity contribution in [2.24, 2.45) is 0 Å². The average molecular weight is 352 g/mol. The Hall–Kier alpha value is -3.94. The van der Waals surface area contributed by atoms with Gasteiger partial charge in [0.05, 0.1) is 28.2 Å². The SMILES string of the molecule is Nc1ccc2occc(=O)c2c1.O=c1ccoc2ccc([N+](=O)[O-])cc12. The Morgan fingerprint density at radius 1 is 0.808 bits per heavy atom. The molecule has 0 saturated carbocycles. The zero-order valence-electron chi connectivity index (χ0n) is 13.2. The van der Waals surface area contributed by atoms with Crippen LogP contribution in [0.15, 0.2) is 79.5 Å². The third-order valence-electron chi connectivity index (χ3n) is 3.54. The number of fused-ring (bicyclic) bond motifs is 2. The highest BCUT2D eigenvalue weighted by Gasteiger charge is 2.08. The summed E-state index contributed by atoms with van der Waals surface area (Å²) in [5.74, 6) is 0. The van der Waals surface area contributed by atoms with Crippen LogP contribution in [0.25, 0.3) is 21.9 Å². The number of nitrogen functional groups attached to an aromatic ring is 1. The molecule has 2 N–H and O–H groups in total. The second kappa shape index (κ2) is 6.89. The zero-order valence-corrected chi connectivity index (χ0v) is 13.2. The Morgan fingerprint density at radius 2 is 1.35 bits per heavy atom. The van der Waals surface area contributed by atoms with Crippen molar-refractivity contribution in [1.82, 2.24) is 0 Å². The largest absolute Gasteiger partial charge is 0.464 e. The maximum atomic E-state index is 11.3. The molecule has 0 radical (unpaired) electrons. The maximum Gasteiger partial charge on any atom is 0.270 e. The quantitative estimate of drug-likeness (QED) is 0.316. The van der Waals surface area contributed by atoms with E-state index in [2.05, 4.69) is 0 Å². The summed E-state index contributed by atoms with van der Waals surface area (Å²) < 4.78 is 10.1. The molecule has 4 rings (SSSR count). The van der Waals surface area contributed by atoms with Gasteiger partial charge in [0.25, 0.3) is 5.69 Å². The molecule has 8 heteroatoms. The van der Waals surface area contributed by atoms with Crippen LogP contribution in [0.3, 0.4) is 0 Å². The standard InChI is InChI=1S/C9H5NO4.C9H7NO2/c11-8-3-4-14-9-2-1-6(10(12)13)5-7(8)9;10-6-1-2-9-7(5-6)8(11)3-4-12-9/h1-5H;1-5H,10H2. The van der Waals surface area contributed by atoms with Crippen LogP contribution in [0.2, 0.25) is 0 Å². The lowest BCUT2D eigenvalue weighted by atomic mass is 10.2. The van der Waals surface area contributed by atoms with Gasteiger partial charge >= 0.3 is 0 Å². The van der Waals surface area contributed by atoms with Gasteiger partial charge in [0, 0.05) is 30.0 Å². The van der Waals surface area contributed by atoms with Gasteiger partial charge in [-0.3, -0.25) is 19.7 Å². The molecule has 0 saturated heterocycles. The molecule has 2 heterocycles. The molecule has 0 amide bonds. The zero-order chi connectivity index (χ0) is 18.7. The summed E-state index contributed by atoms with van der Waals surface area (Å²) >= 11 is 0. The summed E-state index contributed by atoms with van der Waals surface area (Å²) in [5.41, 5.74) is 6.54. The number of nitrogens with zero attached hydrogens (tertiary/aromatic N) is 1. The molecule has 8 nitrogen and oxygen atoms in total. The van der Waals surface area contributed by atoms with Gasteiger partial charge in [0.15, 0.2) is 10.9 Å². The molecule has 0 aliphatic rings. The van der Waals surface area contributed by atoms with Crippen LogP contribution in [-0.4, -0.2) is 4.92 Å². The van der Waals surface area contributed by atoms with Gasteiger partial charge in [-0.15, -0.1) is 0 Å². The average Bonchev–Trinajstić information content (AvgIpc) is 2.63. The van der Waals surface area contributed by atoms with Crippen LogP contribution < -0.4 is 16.6 Å². The van der Waals surface area contributed by atoms with E-state index in [0.29, 0.717) is 22.2 Å².